The summed E-state index contributed by atoms with van der Waals surface area (Å²) in [6.45, 7) is 5.07. The molecule has 7 heteroatoms. The van der Waals surface area contributed by atoms with Gasteiger partial charge in [-0.1, -0.05) is 12.1 Å². The summed E-state index contributed by atoms with van der Waals surface area (Å²) in [5, 5.41) is 29.8. The SMILES string of the molecule is COc1ccc([C@H]2C(C#N)=C(N)C(C#N)(C#N)C3=CCN(C)C[C@@H]32)cc1OC(C)C. The van der Waals surface area contributed by atoms with Gasteiger partial charge in [0, 0.05) is 24.9 Å². The smallest absolute Gasteiger partial charge is 0.204 e. The fourth-order valence-corrected chi connectivity index (χ4v) is 4.39. The number of hydrogen-bond donors (Lipinski definition) is 1. The predicted octanol–water partition coefficient (Wildman–Crippen LogP) is 2.84. The zero-order valence-corrected chi connectivity index (χ0v) is 17.6. The van der Waals surface area contributed by atoms with Crippen LogP contribution < -0.4 is 15.2 Å². The Balaban J connectivity index is 2.26. The highest BCUT2D eigenvalue weighted by atomic mass is 16.5. The topological polar surface area (TPSA) is 119 Å². The van der Waals surface area contributed by atoms with E-state index in [-0.39, 0.29) is 29.2 Å². The van der Waals surface area contributed by atoms with E-state index in [0.29, 0.717) is 30.2 Å². The van der Waals surface area contributed by atoms with E-state index in [1.165, 1.54) is 0 Å². The van der Waals surface area contributed by atoms with Crippen molar-refractivity contribution in [2.75, 3.05) is 27.2 Å². The van der Waals surface area contributed by atoms with E-state index in [1.807, 2.05) is 45.2 Å². The van der Waals surface area contributed by atoms with Crippen LogP contribution in [0.2, 0.25) is 0 Å². The molecule has 0 bridgehead atoms. The minimum absolute atomic E-state index is 0.0224. The number of ether oxygens (including phenoxy) is 2. The van der Waals surface area contributed by atoms with Crippen molar-refractivity contribution in [1.29, 1.82) is 15.8 Å². The lowest BCUT2D eigenvalue weighted by Crippen LogP contribution is -2.46. The van der Waals surface area contributed by atoms with Gasteiger partial charge in [-0.2, -0.15) is 15.8 Å². The molecule has 0 aromatic heterocycles. The Kier molecular flexibility index (Phi) is 5.74. The number of allylic oxidation sites excluding steroid dienone is 2. The number of benzene rings is 1. The third-order valence-corrected chi connectivity index (χ3v) is 5.74. The molecule has 1 aliphatic heterocycles. The number of nitrogens with zero attached hydrogens (tertiary/aromatic N) is 4. The number of nitriles is 3. The highest BCUT2D eigenvalue weighted by Crippen LogP contribution is 2.53. The molecule has 0 fully saturated rings. The highest BCUT2D eigenvalue weighted by Gasteiger charge is 2.52. The quantitative estimate of drug-likeness (QED) is 0.768. The molecule has 7 nitrogen and oxygen atoms in total. The summed E-state index contributed by atoms with van der Waals surface area (Å²) in [4.78, 5) is 2.10. The zero-order chi connectivity index (χ0) is 22.1. The van der Waals surface area contributed by atoms with Crippen molar-refractivity contribution in [3.63, 3.8) is 0 Å². The first kappa shape index (κ1) is 21.2. The number of likely N-dealkylation sites (N-methyl/N-ethyl adjacent to an activating group) is 1. The minimum Gasteiger partial charge on any atom is -0.493 e. The van der Waals surface area contributed by atoms with E-state index in [4.69, 9.17) is 15.2 Å². The van der Waals surface area contributed by atoms with Crippen LogP contribution in [-0.4, -0.2) is 38.3 Å². The molecule has 1 aliphatic carbocycles. The number of nitrogens with two attached hydrogens (primary N) is 1. The summed E-state index contributed by atoms with van der Waals surface area (Å²) in [6, 6.07) is 12.0. The van der Waals surface area contributed by atoms with Gasteiger partial charge in [0.15, 0.2) is 11.5 Å². The zero-order valence-electron chi connectivity index (χ0n) is 17.6. The van der Waals surface area contributed by atoms with Crippen LogP contribution in [0, 0.1) is 45.3 Å². The third kappa shape index (κ3) is 3.26. The average Bonchev–Trinajstić information content (AvgIpc) is 2.73. The largest absolute Gasteiger partial charge is 0.493 e. The maximum absolute atomic E-state index is 9.99. The van der Waals surface area contributed by atoms with Crippen LogP contribution in [0.25, 0.3) is 0 Å². The van der Waals surface area contributed by atoms with Crippen molar-refractivity contribution in [3.05, 3.63) is 46.7 Å². The second-order valence-electron chi connectivity index (χ2n) is 7.95. The Bertz CT molecular complexity index is 1020. The standard InChI is InChI=1S/C23H25N5O2/c1-14(2)30-20-9-15(5-6-19(20)29-4)21-16(10-24)22(27)23(12-25,13-26)18-7-8-28(3)11-17(18)21/h5-7,9,14,17,21H,8,11,27H2,1-4H3/t17-,21-/m0/s1. The van der Waals surface area contributed by atoms with Crippen molar-refractivity contribution in [2.45, 2.75) is 25.9 Å². The number of fused-ring (bicyclic) bond motifs is 1. The Morgan fingerprint density at radius 1 is 1.20 bits per heavy atom. The van der Waals surface area contributed by atoms with Gasteiger partial charge < -0.3 is 20.1 Å². The Labute approximate surface area is 177 Å². The van der Waals surface area contributed by atoms with E-state index in [2.05, 4.69) is 23.1 Å². The van der Waals surface area contributed by atoms with Gasteiger partial charge >= 0.3 is 0 Å². The summed E-state index contributed by atoms with van der Waals surface area (Å²) in [6.07, 6.45) is 1.85. The van der Waals surface area contributed by atoms with Gasteiger partial charge in [0.2, 0.25) is 5.41 Å². The Hall–Kier alpha value is -3.47. The first-order chi connectivity index (χ1) is 14.3. The van der Waals surface area contributed by atoms with Gasteiger partial charge in [-0.05, 0) is 44.2 Å². The van der Waals surface area contributed by atoms with Gasteiger partial charge in [0.1, 0.15) is 0 Å². The number of hydrogen-bond acceptors (Lipinski definition) is 7. The molecule has 2 atom stereocenters. The van der Waals surface area contributed by atoms with Crippen LogP contribution in [0.4, 0.5) is 0 Å². The molecule has 1 heterocycles. The van der Waals surface area contributed by atoms with Crippen LogP contribution in [0.5, 0.6) is 11.5 Å². The van der Waals surface area contributed by atoms with Crippen molar-refractivity contribution in [2.24, 2.45) is 17.1 Å². The molecule has 0 saturated heterocycles. The fraction of sp³-hybridized carbons (Fsp3) is 0.435. The lowest BCUT2D eigenvalue weighted by atomic mass is 9.60. The molecule has 3 rings (SSSR count). The first-order valence-electron chi connectivity index (χ1n) is 9.79. The summed E-state index contributed by atoms with van der Waals surface area (Å²) < 4.78 is 11.3. The van der Waals surface area contributed by atoms with Crippen LogP contribution in [-0.2, 0) is 0 Å². The minimum atomic E-state index is -1.61. The van der Waals surface area contributed by atoms with Crippen molar-refractivity contribution < 1.29 is 9.47 Å². The van der Waals surface area contributed by atoms with Gasteiger partial charge in [-0.3, -0.25) is 0 Å². The summed E-state index contributed by atoms with van der Waals surface area (Å²) in [5.41, 5.74) is 6.51. The molecule has 30 heavy (non-hydrogen) atoms. The van der Waals surface area contributed by atoms with Crippen LogP contribution in [0.15, 0.2) is 41.1 Å². The fourth-order valence-electron chi connectivity index (χ4n) is 4.39. The van der Waals surface area contributed by atoms with Gasteiger partial charge in [-0.25, -0.2) is 0 Å². The van der Waals surface area contributed by atoms with Crippen molar-refractivity contribution in [1.82, 2.24) is 4.90 Å². The van der Waals surface area contributed by atoms with E-state index < -0.39 is 5.41 Å². The normalized spacial score (nSPS) is 22.9. The second kappa shape index (κ2) is 8.11. The van der Waals surface area contributed by atoms with Crippen LogP contribution in [0.3, 0.4) is 0 Å². The summed E-state index contributed by atoms with van der Waals surface area (Å²) in [5.74, 6) is 0.552. The molecular weight excluding hydrogens is 378 g/mol. The summed E-state index contributed by atoms with van der Waals surface area (Å²) in [7, 11) is 3.55. The van der Waals surface area contributed by atoms with Crippen molar-refractivity contribution in [3.8, 4) is 29.7 Å². The van der Waals surface area contributed by atoms with Gasteiger partial charge in [0.05, 0.1) is 42.7 Å². The maximum Gasteiger partial charge on any atom is 0.204 e. The molecule has 1 aromatic rings. The highest BCUT2D eigenvalue weighted by molar-refractivity contribution is 5.59. The molecule has 2 N–H and O–H groups in total. The maximum atomic E-state index is 9.99. The third-order valence-electron chi connectivity index (χ3n) is 5.74. The van der Waals surface area contributed by atoms with Crippen molar-refractivity contribution >= 4 is 0 Å². The van der Waals surface area contributed by atoms with Gasteiger partial charge in [-0.15, -0.1) is 0 Å². The molecule has 0 saturated carbocycles. The van der Waals surface area contributed by atoms with E-state index in [1.54, 1.807) is 7.11 Å². The van der Waals surface area contributed by atoms with E-state index in [0.717, 1.165) is 5.56 Å². The monoisotopic (exact) mass is 403 g/mol. The number of rotatable bonds is 4. The number of methoxy groups -OCH3 is 1. The summed E-state index contributed by atoms with van der Waals surface area (Å²) >= 11 is 0. The van der Waals surface area contributed by atoms with Crippen LogP contribution >= 0.6 is 0 Å². The molecule has 2 aliphatic rings. The molecule has 0 amide bonds. The molecule has 1 aromatic carbocycles. The first-order valence-corrected chi connectivity index (χ1v) is 9.79. The molecule has 0 radical (unpaired) electrons. The molecule has 0 spiro atoms. The molecular formula is C23H25N5O2. The average molecular weight is 403 g/mol. The molecule has 0 unspecified atom stereocenters. The van der Waals surface area contributed by atoms with Crippen LogP contribution in [0.1, 0.15) is 25.3 Å². The second-order valence-corrected chi connectivity index (χ2v) is 7.95. The van der Waals surface area contributed by atoms with E-state index in [9.17, 15) is 15.8 Å². The lowest BCUT2D eigenvalue weighted by Gasteiger charge is -2.44. The predicted molar refractivity (Wildman–Crippen MR) is 111 cm³/mol. The Morgan fingerprint density at radius 3 is 2.47 bits per heavy atom. The molecule has 154 valence electrons. The Morgan fingerprint density at radius 2 is 1.90 bits per heavy atom. The van der Waals surface area contributed by atoms with E-state index >= 15 is 0 Å². The van der Waals surface area contributed by atoms with Gasteiger partial charge in [0.25, 0.3) is 0 Å². The lowest BCUT2D eigenvalue weighted by molar-refractivity contribution is 0.229.